The molecule has 2 heterocycles. The number of rotatable bonds is 4. The van der Waals surface area contributed by atoms with Crippen molar-refractivity contribution < 1.29 is 13.9 Å². The van der Waals surface area contributed by atoms with Gasteiger partial charge in [0.2, 0.25) is 0 Å². The molecule has 1 saturated heterocycles. The fourth-order valence-corrected chi connectivity index (χ4v) is 2.65. The largest absolute Gasteiger partial charge is 0.470 e. The van der Waals surface area contributed by atoms with E-state index in [1.807, 2.05) is 19.0 Å². The fourth-order valence-electron chi connectivity index (χ4n) is 2.65. The zero-order valence-corrected chi connectivity index (χ0v) is 13.6. The van der Waals surface area contributed by atoms with Gasteiger partial charge >= 0.3 is 0 Å². The smallest absolute Gasteiger partial charge is 0.257 e. The maximum Gasteiger partial charge on any atom is 0.257 e. The Balaban J connectivity index is 1.65. The summed E-state index contributed by atoms with van der Waals surface area (Å²) in [4.78, 5) is 24.5. The molecule has 1 aromatic heterocycles. The first kappa shape index (κ1) is 16.2. The molecule has 0 spiro atoms. The average Bonchev–Trinajstić information content (AvgIpc) is 3.04. The van der Waals surface area contributed by atoms with Crippen LogP contribution in [0.4, 0.5) is 10.2 Å². The number of benzene rings is 1. The third-order valence-corrected chi connectivity index (χ3v) is 3.87. The molecule has 2 aromatic rings. The van der Waals surface area contributed by atoms with Crippen molar-refractivity contribution in [2.24, 2.45) is 0 Å². The maximum atomic E-state index is 13.0. The second-order valence-corrected chi connectivity index (χ2v) is 5.87. The summed E-state index contributed by atoms with van der Waals surface area (Å²) in [7, 11) is 3.74. The predicted molar refractivity (Wildman–Crippen MR) is 87.7 cm³/mol. The molecule has 24 heavy (non-hydrogen) atoms. The van der Waals surface area contributed by atoms with E-state index in [1.54, 1.807) is 17.3 Å². The lowest BCUT2D eigenvalue weighted by molar-refractivity contribution is 0.0771. The highest BCUT2D eigenvalue weighted by Crippen LogP contribution is 2.24. The van der Waals surface area contributed by atoms with Crippen LogP contribution in [0.25, 0.3) is 0 Å². The second-order valence-electron chi connectivity index (χ2n) is 5.87. The molecule has 0 aliphatic carbocycles. The van der Waals surface area contributed by atoms with E-state index in [0.717, 1.165) is 6.42 Å². The van der Waals surface area contributed by atoms with Gasteiger partial charge in [0.1, 0.15) is 11.9 Å². The molecule has 126 valence electrons. The summed E-state index contributed by atoms with van der Waals surface area (Å²) >= 11 is 0. The molecule has 1 aliphatic rings. The standard InChI is InChI=1S/C17H19FN4O2/c1-21(2)15-16(20-9-8-19-15)24-14-7-10-22(11-14)17(23)12-3-5-13(18)6-4-12/h3-6,8-9,14H,7,10-11H2,1-2H3. The van der Waals surface area contributed by atoms with Gasteiger partial charge in [-0.1, -0.05) is 0 Å². The molecule has 1 fully saturated rings. The third-order valence-electron chi connectivity index (χ3n) is 3.87. The minimum atomic E-state index is -0.354. The van der Waals surface area contributed by atoms with Crippen LogP contribution in [0.15, 0.2) is 36.7 Å². The Morgan fingerprint density at radius 3 is 2.67 bits per heavy atom. The van der Waals surface area contributed by atoms with E-state index in [0.29, 0.717) is 30.4 Å². The number of carbonyl (C=O) groups excluding carboxylic acids is 1. The van der Waals surface area contributed by atoms with E-state index in [2.05, 4.69) is 9.97 Å². The molecular weight excluding hydrogens is 311 g/mol. The molecule has 3 rings (SSSR count). The summed E-state index contributed by atoms with van der Waals surface area (Å²) in [5, 5.41) is 0. The van der Waals surface area contributed by atoms with Gasteiger partial charge in [-0.25, -0.2) is 14.4 Å². The topological polar surface area (TPSA) is 58.6 Å². The summed E-state index contributed by atoms with van der Waals surface area (Å²) in [5.41, 5.74) is 0.477. The lowest BCUT2D eigenvalue weighted by Gasteiger charge is -2.19. The zero-order valence-electron chi connectivity index (χ0n) is 13.6. The van der Waals surface area contributed by atoms with E-state index in [4.69, 9.17) is 4.74 Å². The van der Waals surface area contributed by atoms with Gasteiger partial charge in [-0.15, -0.1) is 0 Å². The third kappa shape index (κ3) is 3.45. The van der Waals surface area contributed by atoms with Gasteiger partial charge in [0.25, 0.3) is 11.8 Å². The van der Waals surface area contributed by atoms with Crippen LogP contribution < -0.4 is 9.64 Å². The number of likely N-dealkylation sites (tertiary alicyclic amines) is 1. The number of ether oxygens (including phenoxy) is 1. The zero-order chi connectivity index (χ0) is 17.1. The van der Waals surface area contributed by atoms with Gasteiger partial charge in [0, 0.05) is 45.0 Å². The summed E-state index contributed by atoms with van der Waals surface area (Å²) < 4.78 is 18.9. The van der Waals surface area contributed by atoms with Gasteiger partial charge in [-0.3, -0.25) is 4.79 Å². The fraction of sp³-hybridized carbons (Fsp3) is 0.353. The number of anilines is 1. The molecule has 1 aromatic carbocycles. The van der Waals surface area contributed by atoms with E-state index in [1.165, 1.54) is 24.3 Å². The van der Waals surface area contributed by atoms with Gasteiger partial charge < -0.3 is 14.5 Å². The van der Waals surface area contributed by atoms with Crippen molar-refractivity contribution >= 4 is 11.7 Å². The Morgan fingerprint density at radius 2 is 1.96 bits per heavy atom. The Morgan fingerprint density at radius 1 is 1.25 bits per heavy atom. The van der Waals surface area contributed by atoms with Crippen molar-refractivity contribution in [2.45, 2.75) is 12.5 Å². The van der Waals surface area contributed by atoms with E-state index in [-0.39, 0.29) is 17.8 Å². The highest BCUT2D eigenvalue weighted by atomic mass is 19.1. The highest BCUT2D eigenvalue weighted by Gasteiger charge is 2.29. The van der Waals surface area contributed by atoms with Gasteiger partial charge in [-0.05, 0) is 24.3 Å². The number of hydrogen-bond acceptors (Lipinski definition) is 5. The molecule has 7 heteroatoms. The first-order valence-electron chi connectivity index (χ1n) is 7.74. The van der Waals surface area contributed by atoms with Crippen LogP contribution in [-0.2, 0) is 0 Å². The van der Waals surface area contributed by atoms with E-state index < -0.39 is 0 Å². The number of hydrogen-bond donors (Lipinski definition) is 0. The predicted octanol–water partition coefficient (Wildman–Crippen LogP) is 1.98. The SMILES string of the molecule is CN(C)c1nccnc1OC1CCN(C(=O)c2ccc(F)cc2)C1. The number of carbonyl (C=O) groups is 1. The minimum absolute atomic E-state index is 0.118. The number of aromatic nitrogens is 2. The summed E-state index contributed by atoms with van der Waals surface area (Å²) in [6.45, 7) is 1.07. The quantitative estimate of drug-likeness (QED) is 0.858. The Labute approximate surface area is 139 Å². The van der Waals surface area contributed by atoms with Crippen molar-refractivity contribution in [1.82, 2.24) is 14.9 Å². The lowest BCUT2D eigenvalue weighted by Crippen LogP contribution is -2.31. The number of halogens is 1. The molecule has 0 saturated carbocycles. The van der Waals surface area contributed by atoms with Crippen molar-refractivity contribution in [3.8, 4) is 5.88 Å². The Kier molecular flexibility index (Phi) is 4.59. The Hall–Kier alpha value is -2.70. The summed E-state index contributed by atoms with van der Waals surface area (Å²) in [6.07, 6.45) is 3.78. The molecule has 0 bridgehead atoms. The lowest BCUT2D eigenvalue weighted by atomic mass is 10.2. The molecule has 6 nitrogen and oxygen atoms in total. The number of amides is 1. The highest BCUT2D eigenvalue weighted by molar-refractivity contribution is 5.94. The molecule has 1 aliphatic heterocycles. The van der Waals surface area contributed by atoms with Crippen molar-refractivity contribution in [3.05, 3.63) is 48.0 Å². The molecule has 0 N–H and O–H groups in total. The normalized spacial score (nSPS) is 17.0. The maximum absolute atomic E-state index is 13.0. The summed E-state index contributed by atoms with van der Waals surface area (Å²) in [5.74, 6) is 0.644. The van der Waals surface area contributed by atoms with Crippen LogP contribution in [0, 0.1) is 5.82 Å². The van der Waals surface area contributed by atoms with Crippen LogP contribution in [0.5, 0.6) is 5.88 Å². The average molecular weight is 330 g/mol. The van der Waals surface area contributed by atoms with E-state index in [9.17, 15) is 9.18 Å². The second kappa shape index (κ2) is 6.82. The molecule has 1 unspecified atom stereocenters. The Bertz CT molecular complexity index is 721. The molecule has 0 radical (unpaired) electrons. The molecule has 1 amide bonds. The van der Waals surface area contributed by atoms with E-state index >= 15 is 0 Å². The van der Waals surface area contributed by atoms with Crippen LogP contribution >= 0.6 is 0 Å². The van der Waals surface area contributed by atoms with Gasteiger partial charge in [0.05, 0.1) is 6.54 Å². The van der Waals surface area contributed by atoms with Crippen LogP contribution in [0.1, 0.15) is 16.8 Å². The monoisotopic (exact) mass is 330 g/mol. The van der Waals surface area contributed by atoms with Crippen LogP contribution in [0.2, 0.25) is 0 Å². The van der Waals surface area contributed by atoms with Crippen LogP contribution in [-0.4, -0.2) is 54.1 Å². The van der Waals surface area contributed by atoms with Crippen molar-refractivity contribution in [3.63, 3.8) is 0 Å². The number of nitrogens with zero attached hydrogens (tertiary/aromatic N) is 4. The van der Waals surface area contributed by atoms with Gasteiger partial charge in [-0.2, -0.15) is 0 Å². The summed E-state index contributed by atoms with van der Waals surface area (Å²) in [6, 6.07) is 5.58. The first-order valence-corrected chi connectivity index (χ1v) is 7.74. The molecule has 1 atom stereocenters. The minimum Gasteiger partial charge on any atom is -0.470 e. The van der Waals surface area contributed by atoms with Gasteiger partial charge in [0.15, 0.2) is 5.82 Å². The van der Waals surface area contributed by atoms with Crippen LogP contribution in [0.3, 0.4) is 0 Å². The van der Waals surface area contributed by atoms with Crippen molar-refractivity contribution in [2.75, 3.05) is 32.1 Å². The van der Waals surface area contributed by atoms with Crippen molar-refractivity contribution in [1.29, 1.82) is 0 Å². The molecular formula is C17H19FN4O2. The first-order chi connectivity index (χ1) is 11.5.